The zero-order valence-electron chi connectivity index (χ0n) is 10.8. The largest absolute Gasteiger partial charge is 1.00 e. The Morgan fingerprint density at radius 1 is 1.24 bits per heavy atom. The number of phenolic OH excluding ortho intramolecular Hbond substituents is 1. The van der Waals surface area contributed by atoms with Gasteiger partial charge in [-0.1, -0.05) is 24.3 Å². The summed E-state index contributed by atoms with van der Waals surface area (Å²) in [5, 5.41) is 33.4. The molecule has 2 rings (SSSR count). The molecule has 0 aliphatic heterocycles. The van der Waals surface area contributed by atoms with E-state index in [2.05, 4.69) is 10.2 Å². The first kappa shape index (κ1) is 17.5. The minimum absolute atomic E-state index is 0. The summed E-state index contributed by atoms with van der Waals surface area (Å²) in [7, 11) is -4.55. The Labute approximate surface area is 141 Å². The standard InChI is InChI=1S/C11H9N3O5S.Na/c12-11(16)14-13-8-5-9(20(17,18)19)6-3-1-2-4-7(6)10(8)15;/h1-5,15H,(H2,12,16)(H,17,18,19);/q;+1/p-1. The molecule has 104 valence electrons. The number of benzene rings is 2. The second-order valence-electron chi connectivity index (χ2n) is 3.77. The van der Waals surface area contributed by atoms with Gasteiger partial charge in [-0.15, -0.1) is 10.2 Å². The van der Waals surface area contributed by atoms with Crippen LogP contribution in [0.4, 0.5) is 5.69 Å². The van der Waals surface area contributed by atoms with Crippen LogP contribution in [0, 0.1) is 5.41 Å². The van der Waals surface area contributed by atoms with Crippen LogP contribution in [0.15, 0.2) is 45.5 Å². The molecule has 0 saturated carbocycles. The number of nitrogens with zero attached hydrogens (tertiary/aromatic N) is 2. The summed E-state index contributed by atoms with van der Waals surface area (Å²) in [5.41, 5.74) is -0.336. The van der Waals surface area contributed by atoms with E-state index in [1.54, 1.807) is 6.07 Å². The van der Waals surface area contributed by atoms with Gasteiger partial charge in [0.2, 0.25) is 0 Å². The summed E-state index contributed by atoms with van der Waals surface area (Å²) >= 11 is 0. The van der Waals surface area contributed by atoms with E-state index in [0.29, 0.717) is 0 Å². The van der Waals surface area contributed by atoms with E-state index in [4.69, 9.17) is 5.41 Å². The first-order chi connectivity index (χ1) is 9.30. The summed E-state index contributed by atoms with van der Waals surface area (Å²) < 4.78 is 31.9. The Bertz CT molecular complexity index is 835. The van der Waals surface area contributed by atoms with Gasteiger partial charge in [-0.05, 0) is 6.07 Å². The van der Waals surface area contributed by atoms with Crippen LogP contribution in [0.3, 0.4) is 0 Å². The van der Waals surface area contributed by atoms with Crippen molar-refractivity contribution in [2.24, 2.45) is 10.2 Å². The van der Waals surface area contributed by atoms with Crippen LogP contribution >= 0.6 is 0 Å². The zero-order valence-corrected chi connectivity index (χ0v) is 13.6. The molecule has 0 atom stereocenters. The van der Waals surface area contributed by atoms with E-state index >= 15 is 0 Å². The van der Waals surface area contributed by atoms with Crippen molar-refractivity contribution in [2.75, 3.05) is 0 Å². The van der Waals surface area contributed by atoms with E-state index in [-0.39, 0.29) is 46.0 Å². The molecule has 0 saturated heterocycles. The molecule has 0 unspecified atom stereocenters. The number of azo groups is 1. The fourth-order valence-electron chi connectivity index (χ4n) is 1.70. The van der Waals surface area contributed by atoms with Crippen molar-refractivity contribution < 1.29 is 52.7 Å². The van der Waals surface area contributed by atoms with Gasteiger partial charge < -0.3 is 10.2 Å². The Morgan fingerprint density at radius 3 is 2.33 bits per heavy atom. The summed E-state index contributed by atoms with van der Waals surface area (Å²) in [5.74, 6) is -0.405. The molecule has 0 aromatic heterocycles. The van der Waals surface area contributed by atoms with Gasteiger partial charge in [0.1, 0.15) is 10.6 Å². The number of amidine groups is 1. The van der Waals surface area contributed by atoms with Crippen LogP contribution in [0.2, 0.25) is 0 Å². The third-order valence-corrected chi connectivity index (χ3v) is 3.38. The molecule has 0 aliphatic rings. The number of fused-ring (bicyclic) bond motifs is 1. The van der Waals surface area contributed by atoms with Gasteiger partial charge in [0.15, 0.2) is 5.75 Å². The van der Waals surface area contributed by atoms with Crippen molar-refractivity contribution in [1.29, 1.82) is 5.41 Å². The number of rotatable bonds is 2. The zero-order chi connectivity index (χ0) is 14.9. The van der Waals surface area contributed by atoms with Crippen LogP contribution in [0.5, 0.6) is 5.75 Å². The van der Waals surface area contributed by atoms with Gasteiger partial charge in [0, 0.05) is 10.8 Å². The number of hydrogen-bond donors (Lipinski definition) is 3. The molecular weight excluding hydrogens is 309 g/mol. The van der Waals surface area contributed by atoms with Crippen molar-refractivity contribution in [3.63, 3.8) is 0 Å². The Hall–Kier alpha value is -1.52. The van der Waals surface area contributed by atoms with Crippen LogP contribution in [-0.4, -0.2) is 24.1 Å². The molecule has 10 heteroatoms. The van der Waals surface area contributed by atoms with Crippen molar-refractivity contribution in [3.05, 3.63) is 30.3 Å². The molecule has 0 bridgehead atoms. The quantitative estimate of drug-likeness (QED) is 0.196. The first-order valence-corrected chi connectivity index (χ1v) is 6.64. The van der Waals surface area contributed by atoms with Crippen molar-refractivity contribution in [1.82, 2.24) is 0 Å². The number of aromatic hydroxyl groups is 1. The number of phenols is 1. The summed E-state index contributed by atoms with van der Waals surface area (Å²) in [6, 6.07) is 5.41. The maximum absolute atomic E-state index is 11.3. The summed E-state index contributed by atoms with van der Waals surface area (Å²) in [6.45, 7) is 0. The average molecular weight is 317 g/mol. The van der Waals surface area contributed by atoms with Crippen LogP contribution in [0.25, 0.3) is 10.8 Å². The summed E-state index contributed by atoms with van der Waals surface area (Å²) in [4.78, 5) is -0.475. The average Bonchev–Trinajstić information content (AvgIpc) is 2.36. The first-order valence-electron chi connectivity index (χ1n) is 5.20. The smallest absolute Gasteiger partial charge is 0.844 e. The molecule has 0 amide bonds. The minimum Gasteiger partial charge on any atom is -0.844 e. The molecule has 0 aliphatic carbocycles. The maximum atomic E-state index is 11.3. The number of hydrogen-bond acceptors (Lipinski definition) is 6. The fourth-order valence-corrected chi connectivity index (χ4v) is 2.42. The third-order valence-electron chi connectivity index (χ3n) is 2.48. The molecule has 8 nitrogen and oxygen atoms in total. The van der Waals surface area contributed by atoms with E-state index < -0.39 is 26.8 Å². The summed E-state index contributed by atoms with van der Waals surface area (Å²) in [6.07, 6.45) is 0. The SMILES string of the molecule is N=C([O-])N=Nc1cc(S(=O)(=O)O)c2ccccc2c1O.[Na+]. The molecule has 2 aromatic carbocycles. The molecule has 3 N–H and O–H groups in total. The molecule has 0 fully saturated rings. The van der Waals surface area contributed by atoms with Gasteiger partial charge in [-0.3, -0.25) is 9.96 Å². The topological polar surface area (TPSA) is 146 Å². The monoisotopic (exact) mass is 317 g/mol. The molecule has 0 spiro atoms. The predicted octanol–water partition coefficient (Wildman–Crippen LogP) is -1.83. The van der Waals surface area contributed by atoms with E-state index in [1.165, 1.54) is 18.2 Å². The van der Waals surface area contributed by atoms with Crippen molar-refractivity contribution >= 4 is 32.6 Å². The minimum atomic E-state index is -4.55. The molecule has 2 aromatic rings. The Morgan fingerprint density at radius 2 is 1.81 bits per heavy atom. The van der Waals surface area contributed by atoms with Crippen molar-refractivity contribution in [3.8, 4) is 5.75 Å². The molecule has 0 radical (unpaired) electrons. The van der Waals surface area contributed by atoms with Gasteiger partial charge in [0.05, 0.1) is 6.02 Å². The predicted molar refractivity (Wildman–Crippen MR) is 67.7 cm³/mol. The van der Waals surface area contributed by atoms with Crippen LogP contribution in [-0.2, 0) is 10.1 Å². The normalized spacial score (nSPS) is 11.5. The van der Waals surface area contributed by atoms with E-state index in [1.807, 2.05) is 0 Å². The van der Waals surface area contributed by atoms with Gasteiger partial charge in [-0.25, -0.2) is 0 Å². The second-order valence-corrected chi connectivity index (χ2v) is 5.16. The fraction of sp³-hybridized carbons (Fsp3) is 0. The van der Waals surface area contributed by atoms with Crippen LogP contribution in [0.1, 0.15) is 0 Å². The van der Waals surface area contributed by atoms with Crippen molar-refractivity contribution in [2.45, 2.75) is 4.90 Å². The van der Waals surface area contributed by atoms with Gasteiger partial charge in [0.25, 0.3) is 10.1 Å². The van der Waals surface area contributed by atoms with Gasteiger partial charge in [-0.2, -0.15) is 8.42 Å². The van der Waals surface area contributed by atoms with E-state index in [0.717, 1.165) is 6.07 Å². The van der Waals surface area contributed by atoms with Crippen LogP contribution < -0.4 is 34.7 Å². The van der Waals surface area contributed by atoms with Gasteiger partial charge >= 0.3 is 29.6 Å². The third kappa shape index (κ3) is 3.77. The maximum Gasteiger partial charge on any atom is 1.00 e. The molecule has 0 heterocycles. The molecular formula is C11H8N3NaO5S. The second kappa shape index (κ2) is 6.50. The number of nitrogens with one attached hydrogen (secondary N) is 1. The Kier molecular flexibility index (Phi) is 5.42. The Balaban J connectivity index is 0.00000220. The molecule has 21 heavy (non-hydrogen) atoms. The van der Waals surface area contributed by atoms with E-state index in [9.17, 15) is 23.2 Å².